The summed E-state index contributed by atoms with van der Waals surface area (Å²) < 4.78 is 0. The van der Waals surface area contributed by atoms with Gasteiger partial charge in [-0.2, -0.15) is 0 Å². The Morgan fingerprint density at radius 2 is 1.83 bits per heavy atom. The SMILES string of the molecule is O=C(O)C12C3[C@@H]4C5CC([C@H]41)[C@@H]2[C@@H]53. The molecule has 6 aliphatic rings. The van der Waals surface area contributed by atoms with E-state index in [0.717, 1.165) is 23.7 Å². The van der Waals surface area contributed by atoms with Gasteiger partial charge in [-0.3, -0.25) is 4.79 Å². The number of rotatable bonds is 1. The van der Waals surface area contributed by atoms with E-state index in [2.05, 4.69) is 0 Å². The molecule has 0 heterocycles. The molecule has 0 radical (unpaired) electrons. The highest BCUT2D eigenvalue weighted by molar-refractivity contribution is 5.84. The van der Waals surface area contributed by atoms with Crippen LogP contribution >= 0.6 is 0 Å². The van der Waals surface area contributed by atoms with Gasteiger partial charge in [0.15, 0.2) is 0 Å². The molecular formula is C10H10O2. The molecule has 12 heavy (non-hydrogen) atoms. The van der Waals surface area contributed by atoms with E-state index < -0.39 is 5.97 Å². The lowest BCUT2D eigenvalue weighted by atomic mass is 9.13. The maximum Gasteiger partial charge on any atom is 0.310 e. The third-order valence-corrected chi connectivity index (χ3v) is 6.14. The highest BCUT2D eigenvalue weighted by atomic mass is 16.4. The molecule has 6 aliphatic carbocycles. The molecule has 0 unspecified atom stereocenters. The summed E-state index contributed by atoms with van der Waals surface area (Å²) in [6.07, 6.45) is 1.40. The first-order chi connectivity index (χ1) is 5.79. The normalized spacial score (nSPS) is 82.8. The minimum absolute atomic E-state index is 0.132. The second-order valence-electron chi connectivity index (χ2n) is 5.53. The van der Waals surface area contributed by atoms with Crippen molar-refractivity contribution in [3.63, 3.8) is 0 Å². The highest BCUT2D eigenvalue weighted by Crippen LogP contribution is 2.99. The third-order valence-electron chi connectivity index (χ3n) is 6.14. The molecule has 62 valence electrons. The van der Waals surface area contributed by atoms with Crippen LogP contribution in [0.4, 0.5) is 0 Å². The van der Waals surface area contributed by atoms with Crippen molar-refractivity contribution in [2.24, 2.45) is 46.8 Å². The lowest BCUT2D eigenvalue weighted by Crippen LogP contribution is -2.90. The van der Waals surface area contributed by atoms with Crippen LogP contribution in [0.25, 0.3) is 0 Å². The quantitative estimate of drug-likeness (QED) is 0.620. The average Bonchev–Trinajstić information content (AvgIpc) is 2.27. The Hall–Kier alpha value is -0.530. The lowest BCUT2D eigenvalue weighted by molar-refractivity contribution is -0.430. The molecule has 0 spiro atoms. The van der Waals surface area contributed by atoms with Crippen molar-refractivity contribution in [2.45, 2.75) is 6.42 Å². The molecule has 6 saturated carbocycles. The van der Waals surface area contributed by atoms with E-state index in [-0.39, 0.29) is 5.41 Å². The number of carboxylic acid groups (broad SMARTS) is 1. The van der Waals surface area contributed by atoms with E-state index in [1.807, 2.05) is 0 Å². The monoisotopic (exact) mass is 162 g/mol. The van der Waals surface area contributed by atoms with Crippen molar-refractivity contribution in [3.8, 4) is 0 Å². The second-order valence-corrected chi connectivity index (χ2v) is 5.53. The number of aliphatic carboxylic acids is 1. The van der Waals surface area contributed by atoms with Gasteiger partial charge in [-0.25, -0.2) is 0 Å². The van der Waals surface area contributed by atoms with Gasteiger partial charge in [-0.05, 0) is 47.8 Å². The van der Waals surface area contributed by atoms with Gasteiger partial charge in [0, 0.05) is 0 Å². The summed E-state index contributed by atoms with van der Waals surface area (Å²) >= 11 is 0. The molecule has 0 aliphatic heterocycles. The summed E-state index contributed by atoms with van der Waals surface area (Å²) in [5.41, 5.74) is -0.132. The number of carbonyl (C=O) groups is 1. The fourth-order valence-electron chi connectivity index (χ4n) is 6.32. The average molecular weight is 162 g/mol. The van der Waals surface area contributed by atoms with E-state index in [0.29, 0.717) is 17.8 Å². The van der Waals surface area contributed by atoms with Crippen LogP contribution in [0, 0.1) is 46.8 Å². The Balaban J connectivity index is 1.78. The largest absolute Gasteiger partial charge is 0.481 e. The van der Waals surface area contributed by atoms with E-state index in [4.69, 9.17) is 0 Å². The van der Waals surface area contributed by atoms with Crippen LogP contribution in [0.2, 0.25) is 0 Å². The van der Waals surface area contributed by atoms with Gasteiger partial charge >= 0.3 is 5.97 Å². The zero-order valence-electron chi connectivity index (χ0n) is 6.60. The first-order valence-electron chi connectivity index (χ1n) is 5.03. The third kappa shape index (κ3) is 0.192. The van der Waals surface area contributed by atoms with E-state index in [1.165, 1.54) is 6.42 Å². The first-order valence-corrected chi connectivity index (χ1v) is 5.03. The molecule has 0 aromatic carbocycles. The molecule has 2 bridgehead atoms. The maximum absolute atomic E-state index is 11.1. The molecule has 0 saturated heterocycles. The van der Waals surface area contributed by atoms with Crippen molar-refractivity contribution >= 4 is 5.97 Å². The molecule has 1 N–H and O–H groups in total. The smallest absolute Gasteiger partial charge is 0.310 e. The number of hydrogen-bond donors (Lipinski definition) is 1. The van der Waals surface area contributed by atoms with Crippen LogP contribution in [0.5, 0.6) is 0 Å². The molecule has 2 nitrogen and oxygen atoms in total. The Morgan fingerprint density at radius 3 is 2.33 bits per heavy atom. The van der Waals surface area contributed by atoms with Crippen LogP contribution in [-0.2, 0) is 4.79 Å². The molecule has 4 atom stereocenters. The molecule has 0 amide bonds. The summed E-state index contributed by atoms with van der Waals surface area (Å²) in [5, 5.41) is 9.19. The zero-order valence-corrected chi connectivity index (χ0v) is 6.60. The molecule has 6 rings (SSSR count). The van der Waals surface area contributed by atoms with Gasteiger partial charge in [0.1, 0.15) is 0 Å². The summed E-state index contributed by atoms with van der Waals surface area (Å²) in [5.74, 6) is 5.16. The number of carboxylic acids is 1. The molecule has 0 aromatic heterocycles. The van der Waals surface area contributed by atoms with Gasteiger partial charge in [-0.1, -0.05) is 0 Å². The Labute approximate surface area is 70.0 Å². The maximum atomic E-state index is 11.1. The van der Waals surface area contributed by atoms with E-state index in [9.17, 15) is 9.90 Å². The first kappa shape index (κ1) is 5.25. The van der Waals surface area contributed by atoms with Crippen molar-refractivity contribution in [2.75, 3.05) is 0 Å². The zero-order chi connectivity index (χ0) is 7.83. The predicted octanol–water partition coefficient (Wildman–Crippen LogP) is 0.829. The summed E-state index contributed by atoms with van der Waals surface area (Å²) in [7, 11) is 0. The summed E-state index contributed by atoms with van der Waals surface area (Å²) in [6.45, 7) is 0. The summed E-state index contributed by atoms with van der Waals surface area (Å²) in [6, 6.07) is 0. The van der Waals surface area contributed by atoms with Crippen LogP contribution < -0.4 is 0 Å². The van der Waals surface area contributed by atoms with Crippen LogP contribution in [0.15, 0.2) is 0 Å². The van der Waals surface area contributed by atoms with E-state index >= 15 is 0 Å². The minimum Gasteiger partial charge on any atom is -0.481 e. The predicted molar refractivity (Wildman–Crippen MR) is 39.1 cm³/mol. The molecule has 2 heteroatoms. The van der Waals surface area contributed by atoms with Crippen molar-refractivity contribution < 1.29 is 9.90 Å². The van der Waals surface area contributed by atoms with Gasteiger partial charge in [0.2, 0.25) is 0 Å². The molecule has 6 fully saturated rings. The topological polar surface area (TPSA) is 37.3 Å². The van der Waals surface area contributed by atoms with Crippen molar-refractivity contribution in [1.29, 1.82) is 0 Å². The van der Waals surface area contributed by atoms with Crippen molar-refractivity contribution in [1.82, 2.24) is 0 Å². The Morgan fingerprint density at radius 1 is 1.17 bits per heavy atom. The van der Waals surface area contributed by atoms with Crippen LogP contribution in [0.1, 0.15) is 6.42 Å². The fourth-order valence-corrected chi connectivity index (χ4v) is 6.32. The number of hydrogen-bond acceptors (Lipinski definition) is 1. The standard InChI is InChI=1S/C10H10O2/c11-9(12)10-6-3-1-2-4(6)8(10)5(2)7(3)10/h2-8H,1H2,(H,11,12)/t2?,3?,4-,5-,6-,7-,8?,10?/m1/s1. The van der Waals surface area contributed by atoms with Crippen molar-refractivity contribution in [3.05, 3.63) is 0 Å². The Kier molecular flexibility index (Phi) is 0.443. The van der Waals surface area contributed by atoms with Gasteiger partial charge < -0.3 is 5.11 Å². The van der Waals surface area contributed by atoms with Crippen LogP contribution in [0.3, 0.4) is 0 Å². The van der Waals surface area contributed by atoms with E-state index in [1.54, 1.807) is 0 Å². The lowest BCUT2D eigenvalue weighted by Gasteiger charge is -2.89. The summed E-state index contributed by atoms with van der Waals surface area (Å²) in [4.78, 5) is 11.1. The van der Waals surface area contributed by atoms with Gasteiger partial charge in [0.25, 0.3) is 0 Å². The van der Waals surface area contributed by atoms with Crippen LogP contribution in [-0.4, -0.2) is 11.1 Å². The van der Waals surface area contributed by atoms with Gasteiger partial charge in [0.05, 0.1) is 5.41 Å². The highest BCUT2D eigenvalue weighted by Gasteiger charge is 3.00. The van der Waals surface area contributed by atoms with Gasteiger partial charge in [-0.15, -0.1) is 0 Å². The second kappa shape index (κ2) is 1.01. The molecule has 0 aromatic rings. The Bertz CT molecular complexity index is 324. The molecular weight excluding hydrogens is 152 g/mol. The fraction of sp³-hybridized carbons (Fsp3) is 0.900. The minimum atomic E-state index is -0.452.